The summed E-state index contributed by atoms with van der Waals surface area (Å²) in [6.45, 7) is 3.32. The summed E-state index contributed by atoms with van der Waals surface area (Å²) < 4.78 is 31.9. The van der Waals surface area contributed by atoms with Gasteiger partial charge in [-0.2, -0.15) is 4.31 Å². The van der Waals surface area contributed by atoms with E-state index in [1.165, 1.54) is 4.31 Å². The minimum atomic E-state index is -3.44. The van der Waals surface area contributed by atoms with Crippen molar-refractivity contribution in [1.82, 2.24) is 4.31 Å². The molecule has 0 aliphatic carbocycles. The van der Waals surface area contributed by atoms with E-state index in [-0.39, 0.29) is 6.10 Å². The highest BCUT2D eigenvalue weighted by atomic mass is 32.2. The fraction of sp³-hybridized carbons (Fsp3) is 0.571. The summed E-state index contributed by atoms with van der Waals surface area (Å²) in [5, 5.41) is 0. The number of ether oxygens (including phenoxy) is 1. The largest absolute Gasteiger partial charge is 0.380 e. The van der Waals surface area contributed by atoms with Crippen molar-refractivity contribution in [2.75, 3.05) is 20.2 Å². The molecule has 1 aliphatic rings. The topological polar surface area (TPSA) is 72.6 Å². The standard InChI is InChI=1S/C14H22N2O3S/c1-3-11-4-5-14(8-12(11)9-15)20(17,18)16-7-6-13(10-16)19-2/h4-5,8,13H,3,6-7,9-10,15H2,1-2H3. The third kappa shape index (κ3) is 2.88. The Morgan fingerprint density at radius 2 is 2.15 bits per heavy atom. The third-order valence-corrected chi connectivity index (χ3v) is 5.72. The van der Waals surface area contributed by atoms with Gasteiger partial charge in [-0.1, -0.05) is 13.0 Å². The molecule has 112 valence electrons. The second kappa shape index (κ2) is 6.22. The van der Waals surface area contributed by atoms with E-state index in [0.29, 0.717) is 24.5 Å². The molecule has 0 spiro atoms. The molecule has 1 fully saturated rings. The first kappa shape index (κ1) is 15.4. The molecule has 0 amide bonds. The fourth-order valence-corrected chi connectivity index (χ4v) is 4.09. The van der Waals surface area contributed by atoms with Crippen LogP contribution in [0.15, 0.2) is 23.1 Å². The van der Waals surface area contributed by atoms with Crippen LogP contribution < -0.4 is 5.73 Å². The van der Waals surface area contributed by atoms with Crippen molar-refractivity contribution < 1.29 is 13.2 Å². The Bertz CT molecular complexity index is 572. The van der Waals surface area contributed by atoms with Crippen molar-refractivity contribution in [2.24, 2.45) is 5.73 Å². The van der Waals surface area contributed by atoms with Crippen molar-refractivity contribution >= 4 is 10.0 Å². The molecule has 20 heavy (non-hydrogen) atoms. The van der Waals surface area contributed by atoms with Gasteiger partial charge in [-0.3, -0.25) is 0 Å². The van der Waals surface area contributed by atoms with Gasteiger partial charge in [0, 0.05) is 26.7 Å². The Labute approximate surface area is 120 Å². The molecule has 1 heterocycles. The highest BCUT2D eigenvalue weighted by Crippen LogP contribution is 2.24. The summed E-state index contributed by atoms with van der Waals surface area (Å²) in [6.07, 6.45) is 1.59. The lowest BCUT2D eigenvalue weighted by molar-refractivity contribution is 0.115. The lowest BCUT2D eigenvalue weighted by Crippen LogP contribution is -2.30. The maximum atomic E-state index is 12.6. The zero-order valence-electron chi connectivity index (χ0n) is 12.0. The Kier molecular flexibility index (Phi) is 4.80. The van der Waals surface area contributed by atoms with E-state index >= 15 is 0 Å². The minimum Gasteiger partial charge on any atom is -0.380 e. The number of sulfonamides is 1. The van der Waals surface area contributed by atoms with Crippen LogP contribution in [0.2, 0.25) is 0 Å². The maximum absolute atomic E-state index is 12.6. The molecule has 1 aromatic carbocycles. The lowest BCUT2D eigenvalue weighted by Gasteiger charge is -2.17. The molecule has 2 N–H and O–H groups in total. The fourth-order valence-electron chi connectivity index (χ4n) is 2.56. The first-order valence-electron chi connectivity index (χ1n) is 6.87. The number of aryl methyl sites for hydroxylation is 1. The summed E-state index contributed by atoms with van der Waals surface area (Å²) >= 11 is 0. The maximum Gasteiger partial charge on any atom is 0.243 e. The van der Waals surface area contributed by atoms with Crippen molar-refractivity contribution in [3.8, 4) is 0 Å². The van der Waals surface area contributed by atoms with Crippen molar-refractivity contribution in [3.63, 3.8) is 0 Å². The molecule has 1 unspecified atom stereocenters. The average Bonchev–Trinajstić information content (AvgIpc) is 2.96. The van der Waals surface area contributed by atoms with Gasteiger partial charge < -0.3 is 10.5 Å². The summed E-state index contributed by atoms with van der Waals surface area (Å²) in [6, 6.07) is 5.24. The normalized spacial score (nSPS) is 20.4. The first-order valence-corrected chi connectivity index (χ1v) is 8.31. The number of methoxy groups -OCH3 is 1. The molecular formula is C14H22N2O3S. The number of hydrogen-bond donors (Lipinski definition) is 1. The zero-order chi connectivity index (χ0) is 14.8. The molecule has 0 radical (unpaired) electrons. The average molecular weight is 298 g/mol. The number of rotatable bonds is 5. The molecular weight excluding hydrogens is 276 g/mol. The number of benzene rings is 1. The Hall–Kier alpha value is -0.950. The molecule has 1 aromatic rings. The van der Waals surface area contributed by atoms with Gasteiger partial charge in [0.25, 0.3) is 0 Å². The predicted octanol–water partition coefficient (Wildman–Crippen LogP) is 1.12. The molecule has 0 saturated carbocycles. The summed E-state index contributed by atoms with van der Waals surface area (Å²) in [4.78, 5) is 0.326. The Morgan fingerprint density at radius 3 is 2.70 bits per heavy atom. The van der Waals surface area contributed by atoms with E-state index in [9.17, 15) is 8.42 Å². The molecule has 0 bridgehead atoms. The Morgan fingerprint density at radius 1 is 1.40 bits per heavy atom. The van der Waals surface area contributed by atoms with Gasteiger partial charge in [0.15, 0.2) is 0 Å². The predicted molar refractivity (Wildman–Crippen MR) is 77.9 cm³/mol. The monoisotopic (exact) mass is 298 g/mol. The highest BCUT2D eigenvalue weighted by molar-refractivity contribution is 7.89. The minimum absolute atomic E-state index is 0.00586. The van der Waals surface area contributed by atoms with Crippen LogP contribution in [-0.4, -0.2) is 39.0 Å². The number of nitrogens with two attached hydrogens (primary N) is 1. The van der Waals surface area contributed by atoms with Gasteiger partial charge in [0.2, 0.25) is 10.0 Å². The van der Waals surface area contributed by atoms with E-state index in [2.05, 4.69) is 0 Å². The van der Waals surface area contributed by atoms with Crippen LogP contribution in [0.3, 0.4) is 0 Å². The molecule has 2 rings (SSSR count). The lowest BCUT2D eigenvalue weighted by atomic mass is 10.1. The van der Waals surface area contributed by atoms with Crippen LogP contribution >= 0.6 is 0 Å². The van der Waals surface area contributed by atoms with Crippen LogP contribution in [0.25, 0.3) is 0 Å². The van der Waals surface area contributed by atoms with Crippen LogP contribution in [0.4, 0.5) is 0 Å². The number of hydrogen-bond acceptors (Lipinski definition) is 4. The number of nitrogens with zero attached hydrogens (tertiary/aromatic N) is 1. The Balaban J connectivity index is 2.30. The second-order valence-corrected chi connectivity index (χ2v) is 6.94. The summed E-state index contributed by atoms with van der Waals surface area (Å²) in [7, 11) is -1.83. The van der Waals surface area contributed by atoms with E-state index < -0.39 is 10.0 Å². The van der Waals surface area contributed by atoms with Crippen molar-refractivity contribution in [3.05, 3.63) is 29.3 Å². The van der Waals surface area contributed by atoms with Crippen molar-refractivity contribution in [2.45, 2.75) is 37.3 Å². The van der Waals surface area contributed by atoms with Crippen LogP contribution in [0.1, 0.15) is 24.5 Å². The quantitative estimate of drug-likeness (QED) is 0.884. The highest BCUT2D eigenvalue weighted by Gasteiger charge is 2.32. The third-order valence-electron chi connectivity index (χ3n) is 3.86. The summed E-state index contributed by atoms with van der Waals surface area (Å²) in [5.41, 5.74) is 7.71. The SMILES string of the molecule is CCc1ccc(S(=O)(=O)N2CCC(OC)C2)cc1CN. The zero-order valence-corrected chi connectivity index (χ0v) is 12.8. The van der Waals surface area contributed by atoms with Gasteiger partial charge in [-0.15, -0.1) is 0 Å². The van der Waals surface area contributed by atoms with E-state index in [4.69, 9.17) is 10.5 Å². The van der Waals surface area contributed by atoms with E-state index in [0.717, 1.165) is 24.0 Å². The molecule has 1 saturated heterocycles. The van der Waals surface area contributed by atoms with Gasteiger partial charge in [0.05, 0.1) is 11.0 Å². The molecule has 1 atom stereocenters. The van der Waals surface area contributed by atoms with Gasteiger partial charge in [-0.05, 0) is 36.1 Å². The van der Waals surface area contributed by atoms with Gasteiger partial charge >= 0.3 is 0 Å². The van der Waals surface area contributed by atoms with E-state index in [1.54, 1.807) is 19.2 Å². The van der Waals surface area contributed by atoms with Crippen LogP contribution in [-0.2, 0) is 27.7 Å². The van der Waals surface area contributed by atoms with Crippen LogP contribution in [0.5, 0.6) is 0 Å². The molecule has 0 aromatic heterocycles. The van der Waals surface area contributed by atoms with Crippen LogP contribution in [0, 0.1) is 0 Å². The molecule has 6 heteroatoms. The second-order valence-electron chi connectivity index (χ2n) is 5.00. The molecule has 5 nitrogen and oxygen atoms in total. The summed E-state index contributed by atoms with van der Waals surface area (Å²) in [5.74, 6) is 0. The van der Waals surface area contributed by atoms with Crippen molar-refractivity contribution in [1.29, 1.82) is 0 Å². The smallest absolute Gasteiger partial charge is 0.243 e. The molecule has 1 aliphatic heterocycles. The van der Waals surface area contributed by atoms with Gasteiger partial charge in [-0.25, -0.2) is 8.42 Å². The van der Waals surface area contributed by atoms with Gasteiger partial charge in [0.1, 0.15) is 0 Å². The first-order chi connectivity index (χ1) is 9.52. The van der Waals surface area contributed by atoms with E-state index in [1.807, 2.05) is 13.0 Å².